The van der Waals surface area contributed by atoms with Gasteiger partial charge in [-0.25, -0.2) is 4.98 Å². The third kappa shape index (κ3) is 4.89. The van der Waals surface area contributed by atoms with Crippen LogP contribution < -0.4 is 10.1 Å². The normalized spacial score (nSPS) is 18.4. The number of nitrogens with zero attached hydrogens (tertiary/aromatic N) is 3. The molecule has 2 heterocycles. The fourth-order valence-electron chi connectivity index (χ4n) is 4.34. The van der Waals surface area contributed by atoms with Gasteiger partial charge in [0.25, 0.3) is 0 Å². The first-order valence-electron chi connectivity index (χ1n) is 11.0. The number of ether oxygens (including phenoxy) is 1. The van der Waals surface area contributed by atoms with Crippen LogP contribution in [0.3, 0.4) is 0 Å². The Labute approximate surface area is 175 Å². The molecular weight excluding hydrogens is 360 g/mol. The van der Waals surface area contributed by atoms with Crippen molar-refractivity contribution in [3.8, 4) is 5.88 Å². The predicted octanol–water partition coefficient (Wildman–Crippen LogP) is 5.01. The van der Waals surface area contributed by atoms with Crippen molar-refractivity contribution in [2.24, 2.45) is 0 Å². The first-order chi connectivity index (χ1) is 13.9. The van der Waals surface area contributed by atoms with Gasteiger partial charge in [-0.3, -0.25) is 0 Å². The highest BCUT2D eigenvalue weighted by molar-refractivity contribution is 5.59. The van der Waals surface area contributed by atoms with E-state index in [-0.39, 0.29) is 11.5 Å². The Hall–Kier alpha value is -2.14. The molecule has 0 saturated heterocycles. The summed E-state index contributed by atoms with van der Waals surface area (Å²) in [5.41, 5.74) is 1.96. The molecule has 0 bridgehead atoms. The maximum atomic E-state index is 6.31. The number of rotatable bonds is 9. The number of benzene rings is 1. The summed E-state index contributed by atoms with van der Waals surface area (Å²) in [6.07, 6.45) is 2.28. The largest absolute Gasteiger partial charge is 0.470 e. The summed E-state index contributed by atoms with van der Waals surface area (Å²) in [6, 6.07) is 10.9. The summed E-state index contributed by atoms with van der Waals surface area (Å²) in [4.78, 5) is 11.9. The van der Waals surface area contributed by atoms with Gasteiger partial charge in [0.2, 0.25) is 5.88 Å². The summed E-state index contributed by atoms with van der Waals surface area (Å²) in [5.74, 6) is 2.48. The van der Waals surface area contributed by atoms with E-state index in [2.05, 4.69) is 80.2 Å². The smallest absolute Gasteiger partial charge is 0.223 e. The average molecular weight is 397 g/mol. The quantitative estimate of drug-likeness (QED) is 0.646. The lowest BCUT2D eigenvalue weighted by molar-refractivity contribution is 0.117. The lowest BCUT2D eigenvalue weighted by Gasteiger charge is -2.27. The molecule has 0 amide bonds. The van der Waals surface area contributed by atoms with Gasteiger partial charge in [-0.2, -0.15) is 4.98 Å². The van der Waals surface area contributed by atoms with Crippen LogP contribution in [-0.4, -0.2) is 46.1 Å². The molecule has 3 rings (SSSR count). The van der Waals surface area contributed by atoms with Crippen LogP contribution in [0.1, 0.15) is 70.3 Å². The SMILES string of the molecule is CCN(CC)CCC[C@H](C)Nc1nc(C)nc2c1[C@@H](c1ccccc1)C(C)(C)O2. The molecule has 0 radical (unpaired) electrons. The second-order valence-corrected chi connectivity index (χ2v) is 8.60. The minimum Gasteiger partial charge on any atom is -0.470 e. The standard InChI is InChI=1S/C24H36N4O/c1-7-28(8-2)16-12-13-17(3)25-22-20-21(19-14-10-9-11-15-19)24(5,6)29-23(20)27-18(4)26-22/h9-11,14-15,17,21H,7-8,12-13,16H2,1-6H3,(H,25,26,27)/t17-,21+/m0/s1. The van der Waals surface area contributed by atoms with Crippen LogP contribution in [0.5, 0.6) is 5.88 Å². The Morgan fingerprint density at radius 3 is 2.48 bits per heavy atom. The van der Waals surface area contributed by atoms with Crippen molar-refractivity contribution in [1.29, 1.82) is 0 Å². The highest BCUT2D eigenvalue weighted by Gasteiger charge is 2.45. The van der Waals surface area contributed by atoms with E-state index in [1.807, 2.05) is 6.92 Å². The molecule has 2 aromatic rings. The number of hydrogen-bond donors (Lipinski definition) is 1. The number of fused-ring (bicyclic) bond motifs is 1. The van der Waals surface area contributed by atoms with E-state index in [4.69, 9.17) is 9.72 Å². The molecule has 0 spiro atoms. The van der Waals surface area contributed by atoms with Gasteiger partial charge in [0.15, 0.2) is 0 Å². The van der Waals surface area contributed by atoms with Gasteiger partial charge in [0.1, 0.15) is 17.2 Å². The van der Waals surface area contributed by atoms with Crippen LogP contribution in [0.4, 0.5) is 5.82 Å². The molecule has 29 heavy (non-hydrogen) atoms. The minimum absolute atomic E-state index is 0.102. The predicted molar refractivity (Wildman–Crippen MR) is 120 cm³/mol. The molecule has 0 aliphatic carbocycles. The van der Waals surface area contributed by atoms with E-state index in [1.165, 1.54) is 12.0 Å². The summed E-state index contributed by atoms with van der Waals surface area (Å²) < 4.78 is 6.31. The monoisotopic (exact) mass is 396 g/mol. The Balaban J connectivity index is 1.83. The Bertz CT molecular complexity index is 802. The zero-order valence-corrected chi connectivity index (χ0v) is 18.8. The van der Waals surface area contributed by atoms with Crippen molar-refractivity contribution in [3.63, 3.8) is 0 Å². The van der Waals surface area contributed by atoms with Crippen molar-refractivity contribution in [2.45, 2.75) is 71.9 Å². The number of anilines is 1. The molecule has 1 N–H and O–H groups in total. The van der Waals surface area contributed by atoms with Crippen molar-refractivity contribution >= 4 is 5.82 Å². The Morgan fingerprint density at radius 2 is 1.83 bits per heavy atom. The first kappa shape index (κ1) is 21.6. The average Bonchev–Trinajstić information content (AvgIpc) is 2.95. The minimum atomic E-state index is -0.366. The lowest BCUT2D eigenvalue weighted by atomic mass is 9.81. The second kappa shape index (κ2) is 9.12. The van der Waals surface area contributed by atoms with E-state index in [0.717, 1.165) is 43.3 Å². The second-order valence-electron chi connectivity index (χ2n) is 8.60. The summed E-state index contributed by atoms with van der Waals surface area (Å²) in [6.45, 7) is 16.3. The highest BCUT2D eigenvalue weighted by atomic mass is 16.5. The topological polar surface area (TPSA) is 50.3 Å². The summed E-state index contributed by atoms with van der Waals surface area (Å²) in [5, 5.41) is 3.68. The van der Waals surface area contributed by atoms with Crippen LogP contribution in [0, 0.1) is 6.92 Å². The fourth-order valence-corrected chi connectivity index (χ4v) is 4.34. The Morgan fingerprint density at radius 1 is 1.14 bits per heavy atom. The first-order valence-corrected chi connectivity index (χ1v) is 11.0. The summed E-state index contributed by atoms with van der Waals surface area (Å²) >= 11 is 0. The molecule has 0 fully saturated rings. The molecule has 1 aliphatic rings. The molecule has 158 valence electrons. The number of nitrogens with one attached hydrogen (secondary N) is 1. The molecular formula is C24H36N4O. The van der Waals surface area contributed by atoms with Crippen LogP contribution in [-0.2, 0) is 0 Å². The molecule has 0 saturated carbocycles. The third-order valence-electron chi connectivity index (χ3n) is 5.89. The molecule has 1 aliphatic heterocycles. The molecule has 0 unspecified atom stereocenters. The molecule has 2 atom stereocenters. The van der Waals surface area contributed by atoms with Gasteiger partial charge in [0, 0.05) is 6.04 Å². The van der Waals surface area contributed by atoms with E-state index < -0.39 is 0 Å². The van der Waals surface area contributed by atoms with Gasteiger partial charge in [0.05, 0.1) is 11.5 Å². The van der Waals surface area contributed by atoms with E-state index in [1.54, 1.807) is 0 Å². The van der Waals surface area contributed by atoms with Crippen molar-refractivity contribution in [1.82, 2.24) is 14.9 Å². The Kier molecular flexibility index (Phi) is 6.78. The van der Waals surface area contributed by atoms with Gasteiger partial charge >= 0.3 is 0 Å². The molecule has 5 nitrogen and oxygen atoms in total. The highest BCUT2D eigenvalue weighted by Crippen LogP contribution is 2.49. The van der Waals surface area contributed by atoms with Crippen LogP contribution >= 0.6 is 0 Å². The van der Waals surface area contributed by atoms with E-state index in [9.17, 15) is 0 Å². The van der Waals surface area contributed by atoms with Gasteiger partial charge in [-0.05, 0) is 65.7 Å². The van der Waals surface area contributed by atoms with E-state index in [0.29, 0.717) is 11.9 Å². The van der Waals surface area contributed by atoms with Crippen LogP contribution in [0.25, 0.3) is 0 Å². The number of aryl methyl sites for hydroxylation is 1. The number of aromatic nitrogens is 2. The van der Waals surface area contributed by atoms with E-state index >= 15 is 0 Å². The molecule has 1 aromatic heterocycles. The third-order valence-corrected chi connectivity index (χ3v) is 5.89. The molecule has 1 aromatic carbocycles. The number of hydrogen-bond acceptors (Lipinski definition) is 5. The lowest BCUT2D eigenvalue weighted by Crippen LogP contribution is -2.31. The van der Waals surface area contributed by atoms with Gasteiger partial charge < -0.3 is 15.0 Å². The zero-order chi connectivity index (χ0) is 21.0. The van der Waals surface area contributed by atoms with Gasteiger partial charge in [-0.1, -0.05) is 44.2 Å². The van der Waals surface area contributed by atoms with Crippen molar-refractivity contribution in [2.75, 3.05) is 25.0 Å². The molecule has 5 heteroatoms. The fraction of sp³-hybridized carbons (Fsp3) is 0.583. The van der Waals surface area contributed by atoms with Crippen molar-refractivity contribution in [3.05, 3.63) is 47.3 Å². The zero-order valence-electron chi connectivity index (χ0n) is 18.8. The van der Waals surface area contributed by atoms with Crippen LogP contribution in [0.15, 0.2) is 30.3 Å². The van der Waals surface area contributed by atoms with Gasteiger partial charge in [-0.15, -0.1) is 0 Å². The van der Waals surface area contributed by atoms with Crippen molar-refractivity contribution < 1.29 is 4.74 Å². The van der Waals surface area contributed by atoms with Crippen LogP contribution in [0.2, 0.25) is 0 Å². The summed E-state index contributed by atoms with van der Waals surface area (Å²) in [7, 11) is 0. The maximum Gasteiger partial charge on any atom is 0.223 e. The maximum absolute atomic E-state index is 6.31.